The number of nitrogens with one attached hydrogen (secondary N) is 1. The highest BCUT2D eigenvalue weighted by atomic mass is 16.5. The lowest BCUT2D eigenvalue weighted by Crippen LogP contribution is -2.55. The zero-order chi connectivity index (χ0) is 18.6. The molecule has 1 heterocycles. The molecule has 1 atom stereocenters. The van der Waals surface area contributed by atoms with E-state index >= 15 is 0 Å². The van der Waals surface area contributed by atoms with E-state index < -0.39 is 5.54 Å². The van der Waals surface area contributed by atoms with Gasteiger partial charge < -0.3 is 14.8 Å². The molecule has 2 amide bonds. The fraction of sp³-hybridized carbons (Fsp3) is 0.579. The van der Waals surface area contributed by atoms with E-state index in [4.69, 9.17) is 9.47 Å². The number of carbonyl (C=O) groups is 2. The molecule has 138 valence electrons. The van der Waals surface area contributed by atoms with E-state index in [1.54, 1.807) is 37.3 Å². The van der Waals surface area contributed by atoms with Gasteiger partial charge in [0.15, 0.2) is 0 Å². The molecule has 2 rings (SSSR count). The molecule has 0 saturated carbocycles. The maximum atomic E-state index is 12.9. The van der Waals surface area contributed by atoms with Gasteiger partial charge in [0.25, 0.3) is 0 Å². The number of ether oxygens (including phenoxy) is 2. The molecule has 1 aliphatic heterocycles. The Hall–Kier alpha value is -2.24. The predicted molar refractivity (Wildman–Crippen MR) is 97.1 cm³/mol. The Morgan fingerprint density at radius 1 is 1.32 bits per heavy atom. The molecule has 1 aliphatic rings. The Morgan fingerprint density at radius 3 is 2.64 bits per heavy atom. The standard InChI is InChI=1S/C19H28N2O4/c1-13(2)9-11-20-18(23)19(3)10-8-17(22)21(19)15-12-14(24-4)6-7-16(15)25-5/h6-7,12-13H,8-11H2,1-5H3,(H,20,23). The van der Waals surface area contributed by atoms with Crippen molar-refractivity contribution in [2.75, 3.05) is 25.7 Å². The van der Waals surface area contributed by atoms with Crippen LogP contribution in [0.1, 0.15) is 40.0 Å². The van der Waals surface area contributed by atoms with E-state index in [0.29, 0.717) is 42.5 Å². The number of nitrogens with zero attached hydrogens (tertiary/aromatic N) is 1. The summed E-state index contributed by atoms with van der Waals surface area (Å²) < 4.78 is 10.7. The van der Waals surface area contributed by atoms with Crippen LogP contribution in [0.2, 0.25) is 0 Å². The van der Waals surface area contributed by atoms with Gasteiger partial charge in [-0.05, 0) is 37.8 Å². The first-order chi connectivity index (χ1) is 11.8. The van der Waals surface area contributed by atoms with Crippen molar-refractivity contribution in [1.82, 2.24) is 5.32 Å². The van der Waals surface area contributed by atoms with Crippen LogP contribution < -0.4 is 19.7 Å². The molecule has 25 heavy (non-hydrogen) atoms. The Bertz CT molecular complexity index is 644. The molecule has 1 N–H and O–H groups in total. The fourth-order valence-electron chi connectivity index (χ4n) is 3.10. The van der Waals surface area contributed by atoms with Crippen LogP contribution in [0.3, 0.4) is 0 Å². The second-order valence-corrected chi connectivity index (χ2v) is 6.98. The number of anilines is 1. The van der Waals surface area contributed by atoms with Gasteiger partial charge in [-0.1, -0.05) is 13.8 Å². The van der Waals surface area contributed by atoms with E-state index in [1.807, 2.05) is 6.92 Å². The molecule has 0 spiro atoms. The normalized spacial score (nSPS) is 20.1. The quantitative estimate of drug-likeness (QED) is 0.823. The minimum Gasteiger partial charge on any atom is -0.497 e. The number of carbonyl (C=O) groups excluding carboxylic acids is 2. The van der Waals surface area contributed by atoms with E-state index in [9.17, 15) is 9.59 Å². The third-order valence-corrected chi connectivity index (χ3v) is 4.69. The molecule has 1 aromatic carbocycles. The summed E-state index contributed by atoms with van der Waals surface area (Å²) in [6.07, 6.45) is 1.70. The molecule has 0 radical (unpaired) electrons. The summed E-state index contributed by atoms with van der Waals surface area (Å²) in [5.74, 6) is 1.43. The first-order valence-electron chi connectivity index (χ1n) is 8.67. The van der Waals surface area contributed by atoms with Crippen LogP contribution in [0.25, 0.3) is 0 Å². The molecule has 6 heteroatoms. The lowest BCUT2D eigenvalue weighted by atomic mass is 9.96. The Kier molecular flexibility index (Phi) is 5.93. The van der Waals surface area contributed by atoms with Crippen molar-refractivity contribution in [2.24, 2.45) is 5.92 Å². The Balaban J connectivity index is 2.34. The average Bonchev–Trinajstić information content (AvgIpc) is 2.89. The molecule has 0 aromatic heterocycles. The molecular formula is C19H28N2O4. The summed E-state index contributed by atoms with van der Waals surface area (Å²) in [5, 5.41) is 2.98. The second kappa shape index (κ2) is 7.76. The minimum atomic E-state index is -0.937. The van der Waals surface area contributed by atoms with Gasteiger partial charge in [-0.25, -0.2) is 0 Å². The van der Waals surface area contributed by atoms with Crippen LogP contribution in [-0.2, 0) is 9.59 Å². The number of hydrogen-bond donors (Lipinski definition) is 1. The van der Waals surface area contributed by atoms with Gasteiger partial charge in [-0.2, -0.15) is 0 Å². The van der Waals surface area contributed by atoms with Crippen molar-refractivity contribution in [2.45, 2.75) is 45.6 Å². The van der Waals surface area contributed by atoms with Crippen LogP contribution in [0.4, 0.5) is 5.69 Å². The summed E-state index contributed by atoms with van der Waals surface area (Å²) in [4.78, 5) is 27.0. The maximum Gasteiger partial charge on any atom is 0.246 e. The first-order valence-corrected chi connectivity index (χ1v) is 8.67. The molecule has 1 saturated heterocycles. The van der Waals surface area contributed by atoms with Gasteiger partial charge in [0.05, 0.1) is 19.9 Å². The highest BCUT2D eigenvalue weighted by Crippen LogP contribution is 2.41. The van der Waals surface area contributed by atoms with Crippen LogP contribution in [-0.4, -0.2) is 38.1 Å². The fourth-order valence-corrected chi connectivity index (χ4v) is 3.10. The highest BCUT2D eigenvalue weighted by Gasteiger charge is 2.49. The third-order valence-electron chi connectivity index (χ3n) is 4.69. The number of methoxy groups -OCH3 is 2. The van der Waals surface area contributed by atoms with Gasteiger partial charge in [-0.15, -0.1) is 0 Å². The van der Waals surface area contributed by atoms with Crippen molar-refractivity contribution in [1.29, 1.82) is 0 Å². The predicted octanol–water partition coefficient (Wildman–Crippen LogP) is 2.75. The second-order valence-electron chi connectivity index (χ2n) is 6.98. The van der Waals surface area contributed by atoms with E-state index in [-0.39, 0.29) is 11.8 Å². The number of amides is 2. The van der Waals surface area contributed by atoms with E-state index in [1.165, 1.54) is 0 Å². The Labute approximate surface area is 149 Å². The van der Waals surface area contributed by atoms with E-state index in [2.05, 4.69) is 19.2 Å². The van der Waals surface area contributed by atoms with Gasteiger partial charge >= 0.3 is 0 Å². The minimum absolute atomic E-state index is 0.0898. The zero-order valence-electron chi connectivity index (χ0n) is 15.7. The molecular weight excluding hydrogens is 320 g/mol. The van der Waals surface area contributed by atoms with Gasteiger partial charge in [0.1, 0.15) is 17.0 Å². The van der Waals surface area contributed by atoms with Crippen LogP contribution in [0.5, 0.6) is 11.5 Å². The summed E-state index contributed by atoms with van der Waals surface area (Å²) in [7, 11) is 3.11. The SMILES string of the molecule is COc1ccc(OC)c(N2C(=O)CCC2(C)C(=O)NCCC(C)C)c1. The molecule has 0 aliphatic carbocycles. The lowest BCUT2D eigenvalue weighted by molar-refractivity contribution is -0.127. The summed E-state index contributed by atoms with van der Waals surface area (Å²) >= 11 is 0. The summed E-state index contributed by atoms with van der Waals surface area (Å²) in [6.45, 7) is 6.63. The summed E-state index contributed by atoms with van der Waals surface area (Å²) in [6, 6.07) is 5.25. The summed E-state index contributed by atoms with van der Waals surface area (Å²) in [5.41, 5.74) is -0.376. The smallest absolute Gasteiger partial charge is 0.246 e. The highest BCUT2D eigenvalue weighted by molar-refractivity contribution is 6.07. The van der Waals surface area contributed by atoms with Crippen molar-refractivity contribution in [3.8, 4) is 11.5 Å². The van der Waals surface area contributed by atoms with Crippen LogP contribution in [0, 0.1) is 5.92 Å². The largest absolute Gasteiger partial charge is 0.497 e. The topological polar surface area (TPSA) is 67.9 Å². The molecule has 1 unspecified atom stereocenters. The number of benzene rings is 1. The van der Waals surface area contributed by atoms with Crippen LogP contribution in [0.15, 0.2) is 18.2 Å². The number of hydrogen-bond acceptors (Lipinski definition) is 4. The first kappa shape index (κ1) is 19.1. The van der Waals surface area contributed by atoms with E-state index in [0.717, 1.165) is 6.42 Å². The molecule has 6 nitrogen and oxygen atoms in total. The lowest BCUT2D eigenvalue weighted by Gasteiger charge is -2.35. The third kappa shape index (κ3) is 3.89. The van der Waals surface area contributed by atoms with Gasteiger partial charge in [-0.3, -0.25) is 14.5 Å². The molecule has 0 bridgehead atoms. The average molecular weight is 348 g/mol. The van der Waals surface area contributed by atoms with Crippen molar-refractivity contribution >= 4 is 17.5 Å². The molecule has 1 aromatic rings. The van der Waals surface area contributed by atoms with Crippen LogP contribution >= 0.6 is 0 Å². The van der Waals surface area contributed by atoms with Gasteiger partial charge in [0.2, 0.25) is 11.8 Å². The van der Waals surface area contributed by atoms with Crippen molar-refractivity contribution in [3.05, 3.63) is 18.2 Å². The molecule has 1 fully saturated rings. The monoisotopic (exact) mass is 348 g/mol. The van der Waals surface area contributed by atoms with Gasteiger partial charge in [0, 0.05) is 19.0 Å². The zero-order valence-corrected chi connectivity index (χ0v) is 15.7. The maximum absolute atomic E-state index is 12.9. The van der Waals surface area contributed by atoms with Crippen molar-refractivity contribution in [3.63, 3.8) is 0 Å². The number of rotatable bonds is 7. The Morgan fingerprint density at radius 2 is 2.04 bits per heavy atom. The van der Waals surface area contributed by atoms with Crippen molar-refractivity contribution < 1.29 is 19.1 Å².